The summed E-state index contributed by atoms with van der Waals surface area (Å²) in [5, 5.41) is 15.9. The van der Waals surface area contributed by atoms with Crippen LogP contribution in [-0.4, -0.2) is 11.2 Å². The van der Waals surface area contributed by atoms with Crippen LogP contribution in [0.3, 0.4) is 0 Å². The van der Waals surface area contributed by atoms with Crippen LogP contribution in [0.1, 0.15) is 13.3 Å². The Kier molecular flexibility index (Phi) is 1.39. The molecule has 0 saturated carbocycles. The van der Waals surface area contributed by atoms with E-state index in [-0.39, 0.29) is 6.10 Å². The molecule has 0 fully saturated rings. The molecular formula is C5H8N2O. The van der Waals surface area contributed by atoms with Gasteiger partial charge in [-0.1, -0.05) is 0 Å². The second-order valence-corrected chi connectivity index (χ2v) is 1.89. The van der Waals surface area contributed by atoms with Crippen molar-refractivity contribution in [3.8, 4) is 0 Å². The van der Waals surface area contributed by atoms with E-state index in [0.29, 0.717) is 6.42 Å². The normalized spacial score (nSPS) is 19.5. The average Bonchev–Trinajstić information content (AvgIpc) is 1.55. The summed E-state index contributed by atoms with van der Waals surface area (Å²) in [6.45, 7) is 1.73. The summed E-state index contributed by atoms with van der Waals surface area (Å²) in [7, 11) is 0. The zero-order valence-corrected chi connectivity index (χ0v) is 4.70. The highest BCUT2D eigenvalue weighted by Crippen LogP contribution is 2.14. The summed E-state index contributed by atoms with van der Waals surface area (Å²) in [4.78, 5) is 0. The maximum atomic E-state index is 8.75. The highest BCUT2D eigenvalue weighted by molar-refractivity contribution is 5.04. The van der Waals surface area contributed by atoms with Gasteiger partial charge in [-0.3, -0.25) is 0 Å². The molecule has 1 rings (SSSR count). The van der Waals surface area contributed by atoms with Crippen molar-refractivity contribution in [2.24, 2.45) is 10.2 Å². The van der Waals surface area contributed by atoms with Gasteiger partial charge in [-0.05, 0) is 6.92 Å². The van der Waals surface area contributed by atoms with Crippen LogP contribution in [0.5, 0.6) is 0 Å². The molecule has 1 aliphatic heterocycles. The minimum atomic E-state index is -0.291. The summed E-state index contributed by atoms with van der Waals surface area (Å²) in [6, 6.07) is 0. The first-order valence-electron chi connectivity index (χ1n) is 2.57. The van der Waals surface area contributed by atoms with E-state index >= 15 is 0 Å². The monoisotopic (exact) mass is 112 g/mol. The number of azo groups is 1. The Bertz CT molecular complexity index is 137. The van der Waals surface area contributed by atoms with Gasteiger partial charge in [0, 0.05) is 6.42 Å². The van der Waals surface area contributed by atoms with Crippen LogP contribution in [0, 0.1) is 0 Å². The Labute approximate surface area is 47.7 Å². The molecule has 1 aliphatic rings. The molecule has 0 aliphatic carbocycles. The predicted molar refractivity (Wildman–Crippen MR) is 29.2 cm³/mol. The third-order valence-electron chi connectivity index (χ3n) is 0.897. The topological polar surface area (TPSA) is 45.0 Å². The quantitative estimate of drug-likeness (QED) is 0.570. The summed E-state index contributed by atoms with van der Waals surface area (Å²) >= 11 is 0. The van der Waals surface area contributed by atoms with E-state index in [9.17, 15) is 0 Å². The molecule has 3 heteroatoms. The van der Waals surface area contributed by atoms with Crippen molar-refractivity contribution in [2.75, 3.05) is 0 Å². The van der Waals surface area contributed by atoms with E-state index in [1.54, 1.807) is 13.1 Å². The highest BCUT2D eigenvalue weighted by atomic mass is 16.3. The number of aliphatic hydroxyl groups is 1. The lowest BCUT2D eigenvalue weighted by molar-refractivity contribution is 0.194. The lowest BCUT2D eigenvalue weighted by atomic mass is 10.2. The van der Waals surface area contributed by atoms with Crippen LogP contribution in [0.15, 0.2) is 22.1 Å². The minimum absolute atomic E-state index is 0.291. The van der Waals surface area contributed by atoms with Crippen LogP contribution in [0.4, 0.5) is 0 Å². The van der Waals surface area contributed by atoms with Gasteiger partial charge in [0.15, 0.2) is 0 Å². The molecule has 1 heterocycles. The molecule has 0 aromatic rings. The lowest BCUT2D eigenvalue weighted by Crippen LogP contribution is -2.01. The molecule has 0 spiro atoms. The molecule has 0 radical (unpaired) electrons. The van der Waals surface area contributed by atoms with Gasteiger partial charge in [0.05, 0.1) is 18.0 Å². The van der Waals surface area contributed by atoms with Crippen LogP contribution in [0.25, 0.3) is 0 Å². The second-order valence-electron chi connectivity index (χ2n) is 1.89. The van der Waals surface area contributed by atoms with Crippen LogP contribution >= 0.6 is 0 Å². The third kappa shape index (κ3) is 1.13. The van der Waals surface area contributed by atoms with Crippen molar-refractivity contribution in [1.29, 1.82) is 0 Å². The van der Waals surface area contributed by atoms with Gasteiger partial charge in [-0.25, -0.2) is 0 Å². The molecule has 1 unspecified atom stereocenters. The van der Waals surface area contributed by atoms with Gasteiger partial charge in [-0.15, -0.1) is 0 Å². The summed E-state index contributed by atoms with van der Waals surface area (Å²) < 4.78 is 0. The maximum absolute atomic E-state index is 8.75. The lowest BCUT2D eigenvalue weighted by Gasteiger charge is -2.05. The molecule has 1 N–H and O–H groups in total. The second kappa shape index (κ2) is 2.05. The Morgan fingerprint density at radius 3 is 2.62 bits per heavy atom. The first-order chi connectivity index (χ1) is 3.79. The van der Waals surface area contributed by atoms with Crippen LogP contribution < -0.4 is 0 Å². The third-order valence-corrected chi connectivity index (χ3v) is 0.897. The van der Waals surface area contributed by atoms with Gasteiger partial charge < -0.3 is 5.11 Å². The van der Waals surface area contributed by atoms with Crippen molar-refractivity contribution < 1.29 is 5.11 Å². The van der Waals surface area contributed by atoms with Crippen molar-refractivity contribution >= 4 is 0 Å². The Morgan fingerprint density at radius 2 is 2.50 bits per heavy atom. The Hall–Kier alpha value is -0.700. The smallest absolute Gasteiger partial charge is 0.0857 e. The van der Waals surface area contributed by atoms with Gasteiger partial charge in [-0.2, -0.15) is 10.2 Å². The predicted octanol–water partition coefficient (Wildman–Crippen LogP) is 1.06. The van der Waals surface area contributed by atoms with Crippen LogP contribution in [-0.2, 0) is 0 Å². The number of aliphatic hydroxyl groups excluding tert-OH is 1. The fourth-order valence-corrected chi connectivity index (χ4v) is 0.536. The number of nitrogens with zero attached hydrogens (tertiary/aromatic N) is 2. The van der Waals surface area contributed by atoms with E-state index in [4.69, 9.17) is 5.11 Å². The van der Waals surface area contributed by atoms with Gasteiger partial charge in [0.25, 0.3) is 0 Å². The Balaban J connectivity index is 2.20. The largest absolute Gasteiger partial charge is 0.393 e. The summed E-state index contributed by atoms with van der Waals surface area (Å²) in [6.07, 6.45) is 2.00. The number of hydrogen-bond acceptors (Lipinski definition) is 3. The van der Waals surface area contributed by atoms with Gasteiger partial charge in [0.1, 0.15) is 0 Å². The standard InChI is InChI=1S/C5H8N2O/c1-4(8)2-5-3-6-7-5/h3-4,8H,2H2,1H3. The molecule has 0 amide bonds. The molecule has 44 valence electrons. The SMILES string of the molecule is CC(O)CC1=CN=N1. The van der Waals surface area contributed by atoms with Crippen LogP contribution in [0.2, 0.25) is 0 Å². The number of hydrogen-bond donors (Lipinski definition) is 1. The first kappa shape index (κ1) is 5.44. The fourth-order valence-electron chi connectivity index (χ4n) is 0.536. The van der Waals surface area contributed by atoms with Gasteiger partial charge in [0.2, 0.25) is 0 Å². The Morgan fingerprint density at radius 1 is 1.88 bits per heavy atom. The van der Waals surface area contributed by atoms with E-state index < -0.39 is 0 Å². The molecule has 1 atom stereocenters. The van der Waals surface area contributed by atoms with Crippen molar-refractivity contribution in [3.05, 3.63) is 11.9 Å². The zero-order valence-electron chi connectivity index (χ0n) is 4.70. The summed E-state index contributed by atoms with van der Waals surface area (Å²) in [5.41, 5.74) is 0.889. The summed E-state index contributed by atoms with van der Waals surface area (Å²) in [5.74, 6) is 0. The average molecular weight is 112 g/mol. The van der Waals surface area contributed by atoms with Gasteiger partial charge >= 0.3 is 0 Å². The maximum Gasteiger partial charge on any atom is 0.0857 e. The number of rotatable bonds is 2. The molecule has 0 aromatic carbocycles. The molecule has 0 aromatic heterocycles. The van der Waals surface area contributed by atoms with E-state index in [1.807, 2.05) is 0 Å². The molecule has 3 nitrogen and oxygen atoms in total. The molecule has 0 bridgehead atoms. The molecule has 0 saturated heterocycles. The first-order valence-corrected chi connectivity index (χ1v) is 2.57. The zero-order chi connectivity index (χ0) is 5.98. The molecule has 8 heavy (non-hydrogen) atoms. The van der Waals surface area contributed by atoms with E-state index in [2.05, 4.69) is 10.2 Å². The minimum Gasteiger partial charge on any atom is -0.393 e. The van der Waals surface area contributed by atoms with Crippen molar-refractivity contribution in [1.82, 2.24) is 0 Å². The highest BCUT2D eigenvalue weighted by Gasteiger charge is 2.04. The van der Waals surface area contributed by atoms with Crippen molar-refractivity contribution in [3.63, 3.8) is 0 Å². The van der Waals surface area contributed by atoms with E-state index in [0.717, 1.165) is 5.70 Å². The fraction of sp³-hybridized carbons (Fsp3) is 0.600. The molecular weight excluding hydrogens is 104 g/mol. The van der Waals surface area contributed by atoms with Crippen molar-refractivity contribution in [2.45, 2.75) is 19.4 Å². The van der Waals surface area contributed by atoms with E-state index in [1.165, 1.54) is 0 Å².